The SMILES string of the molecule is CCc1nnc(S[C@H](C)C(=O)Nc2ccccc2C(F)(F)F)n1N. The van der Waals surface area contributed by atoms with E-state index in [1.54, 1.807) is 6.92 Å². The molecule has 0 saturated carbocycles. The number of nitrogens with one attached hydrogen (secondary N) is 1. The molecule has 2 rings (SSSR count). The molecule has 1 aromatic carbocycles. The summed E-state index contributed by atoms with van der Waals surface area (Å²) in [7, 11) is 0. The van der Waals surface area contributed by atoms with Crippen molar-refractivity contribution < 1.29 is 18.0 Å². The monoisotopic (exact) mass is 359 g/mol. The van der Waals surface area contributed by atoms with E-state index in [0.29, 0.717) is 17.4 Å². The lowest BCUT2D eigenvalue weighted by molar-refractivity contribution is -0.137. The fourth-order valence-corrected chi connectivity index (χ4v) is 2.70. The second kappa shape index (κ2) is 7.12. The zero-order valence-electron chi connectivity index (χ0n) is 13.0. The van der Waals surface area contributed by atoms with Gasteiger partial charge in [-0.05, 0) is 19.1 Å². The number of carbonyl (C=O) groups is 1. The Morgan fingerprint density at radius 1 is 1.38 bits per heavy atom. The van der Waals surface area contributed by atoms with Crippen LogP contribution in [0.3, 0.4) is 0 Å². The molecule has 1 amide bonds. The number of benzene rings is 1. The van der Waals surface area contributed by atoms with Crippen LogP contribution in [0.2, 0.25) is 0 Å². The predicted molar refractivity (Wildman–Crippen MR) is 84.9 cm³/mol. The van der Waals surface area contributed by atoms with Crippen LogP contribution in [0.5, 0.6) is 0 Å². The second-order valence-electron chi connectivity index (χ2n) is 4.92. The highest BCUT2D eigenvalue weighted by atomic mass is 32.2. The number of hydrogen-bond acceptors (Lipinski definition) is 5. The summed E-state index contributed by atoms with van der Waals surface area (Å²) in [6.07, 6.45) is -3.97. The minimum atomic E-state index is -4.55. The number of nitrogens with two attached hydrogens (primary N) is 1. The van der Waals surface area contributed by atoms with Gasteiger partial charge in [0.15, 0.2) is 5.82 Å². The Kier molecular flexibility index (Phi) is 5.37. The molecule has 0 aliphatic heterocycles. The van der Waals surface area contributed by atoms with Crippen molar-refractivity contribution in [2.75, 3.05) is 11.2 Å². The lowest BCUT2D eigenvalue weighted by atomic mass is 10.1. The van der Waals surface area contributed by atoms with Gasteiger partial charge in [-0.2, -0.15) is 13.2 Å². The highest BCUT2D eigenvalue weighted by Gasteiger charge is 2.34. The third kappa shape index (κ3) is 3.99. The van der Waals surface area contributed by atoms with E-state index < -0.39 is 22.9 Å². The van der Waals surface area contributed by atoms with Gasteiger partial charge in [-0.1, -0.05) is 30.8 Å². The van der Waals surface area contributed by atoms with Crippen molar-refractivity contribution in [3.8, 4) is 0 Å². The molecule has 2 aromatic rings. The summed E-state index contributed by atoms with van der Waals surface area (Å²) < 4.78 is 40.1. The Bertz CT molecular complexity index is 731. The summed E-state index contributed by atoms with van der Waals surface area (Å²) in [5.74, 6) is 5.75. The number of amides is 1. The molecule has 1 heterocycles. The maximum atomic E-state index is 12.9. The molecule has 10 heteroatoms. The van der Waals surface area contributed by atoms with Crippen molar-refractivity contribution in [1.82, 2.24) is 14.9 Å². The standard InChI is InChI=1S/C14H16F3N5OS/c1-3-11-20-21-13(22(11)18)24-8(2)12(23)19-10-7-5-4-6-9(10)14(15,16)17/h4-8H,3,18H2,1-2H3,(H,19,23)/t8-/m1/s1. The number of aryl methyl sites for hydroxylation is 1. The van der Waals surface area contributed by atoms with Crippen molar-refractivity contribution in [3.63, 3.8) is 0 Å². The number of aromatic nitrogens is 3. The van der Waals surface area contributed by atoms with Crippen LogP contribution in [0, 0.1) is 0 Å². The summed E-state index contributed by atoms with van der Waals surface area (Å²) in [4.78, 5) is 12.2. The maximum Gasteiger partial charge on any atom is 0.418 e. The summed E-state index contributed by atoms with van der Waals surface area (Å²) in [6, 6.07) is 4.81. The number of hydrogen-bond donors (Lipinski definition) is 2. The Balaban J connectivity index is 2.11. The van der Waals surface area contributed by atoms with Crippen LogP contribution < -0.4 is 11.2 Å². The first-order valence-corrected chi connectivity index (χ1v) is 7.95. The number of carbonyl (C=O) groups excluding carboxylic acids is 1. The molecule has 0 saturated heterocycles. The number of halogens is 3. The van der Waals surface area contributed by atoms with Gasteiger partial charge in [0.2, 0.25) is 11.1 Å². The molecule has 6 nitrogen and oxygen atoms in total. The van der Waals surface area contributed by atoms with E-state index in [0.717, 1.165) is 17.8 Å². The first-order valence-electron chi connectivity index (χ1n) is 7.07. The van der Waals surface area contributed by atoms with Gasteiger partial charge in [0.1, 0.15) is 0 Å². The minimum Gasteiger partial charge on any atom is -0.336 e. The van der Waals surface area contributed by atoms with Crippen molar-refractivity contribution in [2.45, 2.75) is 36.9 Å². The zero-order chi connectivity index (χ0) is 17.9. The first-order chi connectivity index (χ1) is 11.2. The molecule has 0 radical (unpaired) electrons. The largest absolute Gasteiger partial charge is 0.418 e. The van der Waals surface area contributed by atoms with Gasteiger partial charge in [-0.3, -0.25) is 4.79 Å². The van der Waals surface area contributed by atoms with Crippen LogP contribution in [0.15, 0.2) is 29.4 Å². The molecule has 0 fully saturated rings. The Labute approximate surface area is 140 Å². The van der Waals surface area contributed by atoms with Crippen LogP contribution in [0.25, 0.3) is 0 Å². The van der Waals surface area contributed by atoms with E-state index in [4.69, 9.17) is 5.84 Å². The van der Waals surface area contributed by atoms with Gasteiger partial charge in [0.25, 0.3) is 0 Å². The summed E-state index contributed by atoms with van der Waals surface area (Å²) in [6.45, 7) is 3.41. The van der Waals surface area contributed by atoms with Gasteiger partial charge in [0.05, 0.1) is 16.5 Å². The molecule has 24 heavy (non-hydrogen) atoms. The van der Waals surface area contributed by atoms with E-state index >= 15 is 0 Å². The molecule has 0 aliphatic rings. The molecule has 3 N–H and O–H groups in total. The number of alkyl halides is 3. The molecule has 0 spiro atoms. The third-order valence-electron chi connectivity index (χ3n) is 3.19. The smallest absolute Gasteiger partial charge is 0.336 e. The Morgan fingerprint density at radius 3 is 2.62 bits per heavy atom. The number of rotatable bonds is 5. The van der Waals surface area contributed by atoms with Crippen LogP contribution in [0.4, 0.5) is 18.9 Å². The van der Waals surface area contributed by atoms with E-state index in [9.17, 15) is 18.0 Å². The van der Waals surface area contributed by atoms with Crippen LogP contribution in [-0.2, 0) is 17.4 Å². The molecule has 0 unspecified atom stereocenters. The molecule has 1 aromatic heterocycles. The zero-order valence-corrected chi connectivity index (χ0v) is 13.8. The Hall–Kier alpha value is -2.23. The summed E-state index contributed by atoms with van der Waals surface area (Å²) >= 11 is 1.02. The van der Waals surface area contributed by atoms with Gasteiger partial charge >= 0.3 is 6.18 Å². The van der Waals surface area contributed by atoms with E-state index in [-0.39, 0.29) is 5.69 Å². The van der Waals surface area contributed by atoms with Gasteiger partial charge in [-0.25, -0.2) is 4.68 Å². The molecule has 0 aliphatic carbocycles. The number of thioether (sulfide) groups is 1. The van der Waals surface area contributed by atoms with Crippen LogP contribution in [-0.4, -0.2) is 26.0 Å². The van der Waals surface area contributed by atoms with E-state index in [2.05, 4.69) is 15.5 Å². The number of nitrogens with zero attached hydrogens (tertiary/aromatic N) is 3. The van der Waals surface area contributed by atoms with Crippen molar-refractivity contribution in [1.29, 1.82) is 0 Å². The van der Waals surface area contributed by atoms with Crippen molar-refractivity contribution >= 4 is 23.4 Å². The lowest BCUT2D eigenvalue weighted by Crippen LogP contribution is -2.25. The average molecular weight is 359 g/mol. The van der Waals surface area contributed by atoms with E-state index in [1.807, 2.05) is 6.92 Å². The highest BCUT2D eigenvalue weighted by molar-refractivity contribution is 8.00. The number of nitrogen functional groups attached to an aromatic ring is 1. The summed E-state index contributed by atoms with van der Waals surface area (Å²) in [5.41, 5.74) is -1.18. The number of anilines is 1. The lowest BCUT2D eigenvalue weighted by Gasteiger charge is -2.15. The summed E-state index contributed by atoms with van der Waals surface area (Å²) in [5, 5.41) is 9.64. The van der Waals surface area contributed by atoms with E-state index in [1.165, 1.54) is 22.9 Å². The fraction of sp³-hybridized carbons (Fsp3) is 0.357. The fourth-order valence-electron chi connectivity index (χ4n) is 1.91. The average Bonchev–Trinajstić information content (AvgIpc) is 2.87. The molecule has 130 valence electrons. The highest BCUT2D eigenvalue weighted by Crippen LogP contribution is 2.35. The first kappa shape index (κ1) is 18.1. The maximum absolute atomic E-state index is 12.9. The van der Waals surface area contributed by atoms with Gasteiger partial charge in [-0.15, -0.1) is 10.2 Å². The minimum absolute atomic E-state index is 0.286. The Morgan fingerprint density at radius 2 is 2.04 bits per heavy atom. The van der Waals surface area contributed by atoms with Gasteiger partial charge < -0.3 is 11.2 Å². The molecular formula is C14H16F3N5OS. The third-order valence-corrected chi connectivity index (χ3v) is 4.25. The number of para-hydroxylation sites is 1. The second-order valence-corrected chi connectivity index (χ2v) is 6.22. The topological polar surface area (TPSA) is 85.8 Å². The molecule has 0 bridgehead atoms. The predicted octanol–water partition coefficient (Wildman–Crippen LogP) is 2.69. The van der Waals surface area contributed by atoms with Gasteiger partial charge in [0, 0.05) is 6.42 Å². The van der Waals surface area contributed by atoms with Crippen LogP contribution >= 0.6 is 11.8 Å². The normalized spacial score (nSPS) is 12.9. The molecule has 1 atom stereocenters. The molecular weight excluding hydrogens is 343 g/mol. The van der Waals surface area contributed by atoms with Crippen molar-refractivity contribution in [2.24, 2.45) is 0 Å². The van der Waals surface area contributed by atoms with Crippen molar-refractivity contribution in [3.05, 3.63) is 35.7 Å². The quantitative estimate of drug-likeness (QED) is 0.633. The van der Waals surface area contributed by atoms with Crippen LogP contribution in [0.1, 0.15) is 25.2 Å².